The molecule has 2 N–H and O–H groups in total. The van der Waals surface area contributed by atoms with Crippen LogP contribution in [0.25, 0.3) is 0 Å². The van der Waals surface area contributed by atoms with Crippen LogP contribution in [0, 0.1) is 0 Å². The normalized spacial score (nSPS) is 13.2. The van der Waals surface area contributed by atoms with Crippen LogP contribution < -0.4 is 10.6 Å². The maximum absolute atomic E-state index is 11.2. The van der Waals surface area contributed by atoms with Gasteiger partial charge in [0.2, 0.25) is 0 Å². The molecular formula is C10H15Cl2N3O2S. The molecule has 0 saturated carbocycles. The quantitative estimate of drug-likeness (QED) is 0.873. The summed E-state index contributed by atoms with van der Waals surface area (Å²) in [5.74, 6) is 0.888. The third-order valence-corrected chi connectivity index (χ3v) is 3.78. The van der Waals surface area contributed by atoms with E-state index in [4.69, 9.17) is 23.2 Å². The minimum atomic E-state index is -3.06. The highest BCUT2D eigenvalue weighted by atomic mass is 35.5. The fourth-order valence-electron chi connectivity index (χ4n) is 1.47. The SMILES string of the molecule is CNc1nc(NC(C)CS(C)(=O)=O)c(Cl)cc1Cl. The fraction of sp³-hybridized carbons (Fsp3) is 0.500. The van der Waals surface area contributed by atoms with E-state index in [0.29, 0.717) is 21.7 Å². The molecular weight excluding hydrogens is 297 g/mol. The van der Waals surface area contributed by atoms with Crippen LogP contribution in [-0.2, 0) is 9.84 Å². The molecule has 0 amide bonds. The van der Waals surface area contributed by atoms with Gasteiger partial charge in [-0.1, -0.05) is 23.2 Å². The lowest BCUT2D eigenvalue weighted by molar-refractivity contribution is 0.598. The number of hydrogen-bond acceptors (Lipinski definition) is 5. The number of halogens is 2. The molecule has 102 valence electrons. The first-order valence-electron chi connectivity index (χ1n) is 5.21. The van der Waals surface area contributed by atoms with Gasteiger partial charge in [0.05, 0.1) is 15.8 Å². The monoisotopic (exact) mass is 311 g/mol. The molecule has 0 spiro atoms. The van der Waals surface area contributed by atoms with Crippen molar-refractivity contribution in [2.45, 2.75) is 13.0 Å². The van der Waals surface area contributed by atoms with Gasteiger partial charge in [-0.25, -0.2) is 13.4 Å². The summed E-state index contributed by atoms with van der Waals surface area (Å²) in [6, 6.07) is 1.26. The number of sulfone groups is 1. The van der Waals surface area contributed by atoms with E-state index in [1.807, 2.05) is 0 Å². The number of hydrogen-bond donors (Lipinski definition) is 2. The highest BCUT2D eigenvalue weighted by Crippen LogP contribution is 2.29. The molecule has 0 bridgehead atoms. The second-order valence-corrected chi connectivity index (χ2v) is 7.04. The van der Waals surface area contributed by atoms with Gasteiger partial charge in [-0.05, 0) is 13.0 Å². The van der Waals surface area contributed by atoms with Gasteiger partial charge in [0, 0.05) is 19.3 Å². The van der Waals surface area contributed by atoms with Crippen molar-refractivity contribution in [1.29, 1.82) is 0 Å². The average Bonchev–Trinajstić information content (AvgIpc) is 2.19. The number of anilines is 2. The molecule has 8 heteroatoms. The van der Waals surface area contributed by atoms with Gasteiger partial charge in [0.25, 0.3) is 0 Å². The Bertz CT molecular complexity index is 534. The highest BCUT2D eigenvalue weighted by Gasteiger charge is 2.14. The van der Waals surface area contributed by atoms with Crippen LogP contribution in [-0.4, -0.2) is 38.5 Å². The molecule has 1 rings (SSSR count). The summed E-state index contributed by atoms with van der Waals surface area (Å²) in [5.41, 5.74) is 0. The Hall–Kier alpha value is -0.720. The van der Waals surface area contributed by atoms with Crippen LogP contribution >= 0.6 is 23.2 Å². The summed E-state index contributed by atoms with van der Waals surface area (Å²) in [6.07, 6.45) is 1.18. The minimum Gasteiger partial charge on any atom is -0.372 e. The zero-order valence-corrected chi connectivity index (χ0v) is 12.6. The Kier molecular flexibility index (Phi) is 5.07. The number of pyridine rings is 1. The van der Waals surface area contributed by atoms with E-state index in [-0.39, 0.29) is 11.8 Å². The second-order valence-electron chi connectivity index (χ2n) is 4.04. The standard InChI is InChI=1S/C10H15Cl2N3O2S/c1-6(5-18(3,16)17)14-10-8(12)4-7(11)9(13-2)15-10/h4,6H,5H2,1-3H3,(H2,13,14,15). The smallest absolute Gasteiger partial charge is 0.149 e. The van der Waals surface area contributed by atoms with E-state index in [2.05, 4.69) is 15.6 Å². The molecule has 18 heavy (non-hydrogen) atoms. The maximum Gasteiger partial charge on any atom is 0.149 e. The van der Waals surface area contributed by atoms with Crippen molar-refractivity contribution in [3.05, 3.63) is 16.1 Å². The van der Waals surface area contributed by atoms with Crippen LogP contribution in [0.2, 0.25) is 10.0 Å². The van der Waals surface area contributed by atoms with E-state index in [1.165, 1.54) is 6.26 Å². The highest BCUT2D eigenvalue weighted by molar-refractivity contribution is 7.90. The molecule has 0 fully saturated rings. The molecule has 0 saturated heterocycles. The van der Waals surface area contributed by atoms with Crippen molar-refractivity contribution in [3.8, 4) is 0 Å². The number of nitrogens with one attached hydrogen (secondary N) is 2. The van der Waals surface area contributed by atoms with Crippen molar-refractivity contribution >= 4 is 44.7 Å². The molecule has 0 aliphatic heterocycles. The van der Waals surface area contributed by atoms with E-state index in [9.17, 15) is 8.42 Å². The third kappa shape index (κ3) is 4.51. The largest absolute Gasteiger partial charge is 0.372 e. The number of rotatable bonds is 5. The summed E-state index contributed by atoms with van der Waals surface area (Å²) in [5, 5.41) is 6.53. The van der Waals surface area contributed by atoms with Gasteiger partial charge in [-0.2, -0.15) is 0 Å². The topological polar surface area (TPSA) is 71.1 Å². The second kappa shape index (κ2) is 5.95. The van der Waals surface area contributed by atoms with Gasteiger partial charge in [0.1, 0.15) is 21.5 Å². The number of nitrogens with zero attached hydrogens (tertiary/aromatic N) is 1. The first-order valence-corrected chi connectivity index (χ1v) is 8.02. The van der Waals surface area contributed by atoms with Crippen LogP contribution in [0.5, 0.6) is 0 Å². The van der Waals surface area contributed by atoms with Gasteiger partial charge in [-0.3, -0.25) is 0 Å². The first-order chi connectivity index (χ1) is 8.23. The van der Waals surface area contributed by atoms with Gasteiger partial charge in [-0.15, -0.1) is 0 Å². The van der Waals surface area contributed by atoms with E-state index < -0.39 is 9.84 Å². The van der Waals surface area contributed by atoms with Crippen LogP contribution in [0.15, 0.2) is 6.07 Å². The Morgan fingerprint density at radius 2 is 1.89 bits per heavy atom. The van der Waals surface area contributed by atoms with E-state index in [1.54, 1.807) is 20.0 Å². The first kappa shape index (κ1) is 15.3. The van der Waals surface area contributed by atoms with Crippen molar-refractivity contribution in [3.63, 3.8) is 0 Å². The van der Waals surface area contributed by atoms with Crippen molar-refractivity contribution in [2.24, 2.45) is 0 Å². The van der Waals surface area contributed by atoms with Crippen LogP contribution in [0.1, 0.15) is 6.92 Å². The Labute approximate surface area is 117 Å². The Morgan fingerprint density at radius 1 is 1.33 bits per heavy atom. The van der Waals surface area contributed by atoms with E-state index in [0.717, 1.165) is 0 Å². The zero-order chi connectivity index (χ0) is 13.9. The molecule has 1 heterocycles. The van der Waals surface area contributed by atoms with Gasteiger partial charge >= 0.3 is 0 Å². The number of aromatic nitrogens is 1. The zero-order valence-electron chi connectivity index (χ0n) is 10.3. The Balaban J connectivity index is 2.91. The van der Waals surface area contributed by atoms with Crippen LogP contribution in [0.3, 0.4) is 0 Å². The van der Waals surface area contributed by atoms with Crippen LogP contribution in [0.4, 0.5) is 11.6 Å². The van der Waals surface area contributed by atoms with Crippen molar-refractivity contribution in [1.82, 2.24) is 4.98 Å². The molecule has 1 unspecified atom stereocenters. The molecule has 0 aliphatic rings. The lowest BCUT2D eigenvalue weighted by atomic mass is 10.3. The lowest BCUT2D eigenvalue weighted by Crippen LogP contribution is -2.25. The van der Waals surface area contributed by atoms with Gasteiger partial charge in [0.15, 0.2) is 0 Å². The summed E-state index contributed by atoms with van der Waals surface area (Å²) in [6.45, 7) is 1.74. The summed E-state index contributed by atoms with van der Waals surface area (Å²) >= 11 is 11.9. The van der Waals surface area contributed by atoms with Crippen molar-refractivity contribution < 1.29 is 8.42 Å². The Morgan fingerprint density at radius 3 is 2.39 bits per heavy atom. The van der Waals surface area contributed by atoms with Crippen molar-refractivity contribution in [2.75, 3.05) is 29.7 Å². The molecule has 1 atom stereocenters. The summed E-state index contributed by atoms with van der Waals surface area (Å²) in [4.78, 5) is 4.18. The summed E-state index contributed by atoms with van der Waals surface area (Å²) in [7, 11) is -1.37. The van der Waals surface area contributed by atoms with Gasteiger partial charge < -0.3 is 10.6 Å². The molecule has 0 aliphatic carbocycles. The summed E-state index contributed by atoms with van der Waals surface area (Å²) < 4.78 is 22.3. The fourth-order valence-corrected chi connectivity index (χ4v) is 2.97. The molecule has 1 aromatic rings. The molecule has 5 nitrogen and oxygen atoms in total. The molecule has 1 aromatic heterocycles. The predicted molar refractivity (Wildman–Crippen MR) is 76.6 cm³/mol. The average molecular weight is 312 g/mol. The molecule has 0 radical (unpaired) electrons. The molecule has 0 aromatic carbocycles. The van der Waals surface area contributed by atoms with E-state index >= 15 is 0 Å². The minimum absolute atomic E-state index is 0.00250. The lowest BCUT2D eigenvalue weighted by Gasteiger charge is -2.15. The third-order valence-electron chi connectivity index (χ3n) is 2.10. The predicted octanol–water partition coefficient (Wildman–Crippen LogP) is 2.28. The maximum atomic E-state index is 11.2.